The Bertz CT molecular complexity index is 1390. The van der Waals surface area contributed by atoms with Gasteiger partial charge < -0.3 is 25.6 Å². The molecule has 11 nitrogen and oxygen atoms in total. The predicted octanol–water partition coefficient (Wildman–Crippen LogP) is 2.48. The third kappa shape index (κ3) is 5.23. The second-order valence-electron chi connectivity index (χ2n) is 9.22. The summed E-state index contributed by atoms with van der Waals surface area (Å²) in [5.41, 5.74) is 3.09. The molecule has 37 heavy (non-hydrogen) atoms. The predicted molar refractivity (Wildman–Crippen MR) is 141 cm³/mol. The van der Waals surface area contributed by atoms with Crippen LogP contribution in [0.5, 0.6) is 0 Å². The third-order valence-electron chi connectivity index (χ3n) is 6.70. The number of piperidine rings is 1. The van der Waals surface area contributed by atoms with Gasteiger partial charge >= 0.3 is 0 Å². The first-order chi connectivity index (χ1) is 18.2. The van der Waals surface area contributed by atoms with E-state index in [9.17, 15) is 4.79 Å². The van der Waals surface area contributed by atoms with E-state index in [2.05, 4.69) is 31.0 Å². The molecule has 0 saturated carbocycles. The monoisotopic (exact) mass is 499 g/mol. The van der Waals surface area contributed by atoms with E-state index in [1.165, 1.54) is 0 Å². The van der Waals surface area contributed by atoms with Crippen molar-refractivity contribution in [2.45, 2.75) is 18.9 Å². The van der Waals surface area contributed by atoms with Gasteiger partial charge in [0, 0.05) is 41.3 Å². The topological polar surface area (TPSA) is 133 Å². The largest absolute Gasteiger partial charge is 0.378 e. The Balaban J connectivity index is 1.30. The second-order valence-corrected chi connectivity index (χ2v) is 9.22. The van der Waals surface area contributed by atoms with Crippen LogP contribution < -0.4 is 20.9 Å². The molecular weight excluding hydrogens is 470 g/mol. The summed E-state index contributed by atoms with van der Waals surface area (Å²) < 4.78 is 5.52. The summed E-state index contributed by atoms with van der Waals surface area (Å²) in [5.74, 6) is 1.46. The van der Waals surface area contributed by atoms with Crippen LogP contribution in [0.1, 0.15) is 23.2 Å². The Labute approximate surface area is 214 Å². The van der Waals surface area contributed by atoms with Crippen LogP contribution in [0.3, 0.4) is 0 Å². The van der Waals surface area contributed by atoms with Crippen LogP contribution in [0.15, 0.2) is 48.7 Å². The number of H-pyrrole nitrogens is 1. The highest BCUT2D eigenvalue weighted by Gasteiger charge is 2.20. The molecule has 0 unspecified atom stereocenters. The van der Waals surface area contributed by atoms with Gasteiger partial charge in [0.1, 0.15) is 0 Å². The number of carbonyl (C=O) groups is 1. The molecule has 1 amide bonds. The molecule has 4 N–H and O–H groups in total. The highest BCUT2D eigenvalue weighted by molar-refractivity contribution is 5.95. The van der Waals surface area contributed by atoms with E-state index in [0.29, 0.717) is 49.6 Å². The lowest BCUT2D eigenvalue weighted by molar-refractivity contribution is 0.0929. The molecule has 2 aromatic carbocycles. The Kier molecular flexibility index (Phi) is 6.61. The molecule has 4 aromatic rings. The first-order valence-electron chi connectivity index (χ1n) is 12.6. The summed E-state index contributed by atoms with van der Waals surface area (Å²) in [6.45, 7) is 4.49. The van der Waals surface area contributed by atoms with Crippen LogP contribution in [-0.4, -0.2) is 76.5 Å². The highest BCUT2D eigenvalue weighted by atomic mass is 16.5. The van der Waals surface area contributed by atoms with Gasteiger partial charge in [0.05, 0.1) is 24.9 Å². The number of ether oxygens (including phenoxy) is 1. The number of hydrogen-bond donors (Lipinski definition) is 4. The van der Waals surface area contributed by atoms with Crippen LogP contribution >= 0.6 is 0 Å². The van der Waals surface area contributed by atoms with Gasteiger partial charge in [0.25, 0.3) is 5.91 Å². The minimum absolute atomic E-state index is 0.0764. The van der Waals surface area contributed by atoms with Crippen LogP contribution in [0.25, 0.3) is 22.3 Å². The lowest BCUT2D eigenvalue weighted by Crippen LogP contribution is -2.42. The van der Waals surface area contributed by atoms with Crippen LogP contribution in [0.2, 0.25) is 0 Å². The standard InChI is InChI=1S/C26H29N9O2/c36-24(29-18-7-9-27-10-8-18)17-3-1-4-19(15-17)30-25-31-23(20-5-2-6-22-21(20)16-28-34-22)32-26(33-25)35-11-13-37-14-12-35/h1-6,15-16,18,27H,7-14H2,(H,28,34)(H,29,36)(H,30,31,32,33). The molecule has 2 fully saturated rings. The number of aromatic amines is 1. The van der Waals surface area contributed by atoms with E-state index >= 15 is 0 Å². The van der Waals surface area contributed by atoms with Gasteiger partial charge in [-0.2, -0.15) is 20.1 Å². The normalized spacial score (nSPS) is 16.6. The number of benzene rings is 2. The number of hydrogen-bond acceptors (Lipinski definition) is 9. The van der Waals surface area contributed by atoms with E-state index in [1.54, 1.807) is 6.20 Å². The maximum atomic E-state index is 12.9. The third-order valence-corrected chi connectivity index (χ3v) is 6.70. The van der Waals surface area contributed by atoms with Gasteiger partial charge in [-0.15, -0.1) is 0 Å². The zero-order chi connectivity index (χ0) is 25.0. The zero-order valence-corrected chi connectivity index (χ0v) is 20.4. The van der Waals surface area contributed by atoms with Crippen LogP contribution in [-0.2, 0) is 4.74 Å². The Hall–Kier alpha value is -4.09. The number of rotatable bonds is 6. The van der Waals surface area contributed by atoms with Crippen molar-refractivity contribution in [3.05, 3.63) is 54.2 Å². The summed E-state index contributed by atoms with van der Waals surface area (Å²) in [4.78, 5) is 29.3. The van der Waals surface area contributed by atoms with Gasteiger partial charge in [-0.1, -0.05) is 18.2 Å². The van der Waals surface area contributed by atoms with Gasteiger partial charge in [-0.3, -0.25) is 9.89 Å². The zero-order valence-electron chi connectivity index (χ0n) is 20.4. The molecule has 0 bridgehead atoms. The van der Waals surface area contributed by atoms with Gasteiger partial charge in [0.2, 0.25) is 11.9 Å². The number of anilines is 3. The summed E-state index contributed by atoms with van der Waals surface area (Å²) in [6, 6.07) is 13.5. The lowest BCUT2D eigenvalue weighted by Gasteiger charge is -2.27. The van der Waals surface area contributed by atoms with Gasteiger partial charge in [-0.25, -0.2) is 0 Å². The summed E-state index contributed by atoms with van der Waals surface area (Å²) in [5, 5.41) is 17.9. The van der Waals surface area contributed by atoms with Crippen molar-refractivity contribution in [2.24, 2.45) is 0 Å². The maximum Gasteiger partial charge on any atom is 0.251 e. The number of nitrogens with one attached hydrogen (secondary N) is 4. The molecule has 190 valence electrons. The second kappa shape index (κ2) is 10.5. The van der Waals surface area contributed by atoms with E-state index in [-0.39, 0.29) is 11.9 Å². The number of nitrogens with zero attached hydrogens (tertiary/aromatic N) is 5. The first-order valence-corrected chi connectivity index (χ1v) is 12.6. The number of amides is 1. The summed E-state index contributed by atoms with van der Waals surface area (Å²) in [6.07, 6.45) is 3.65. The quantitative estimate of drug-likeness (QED) is 0.316. The van der Waals surface area contributed by atoms with Gasteiger partial charge in [0.15, 0.2) is 5.82 Å². The molecule has 2 saturated heterocycles. The van der Waals surface area contributed by atoms with E-state index in [4.69, 9.17) is 19.7 Å². The van der Waals surface area contributed by atoms with Crippen molar-refractivity contribution in [1.29, 1.82) is 0 Å². The van der Waals surface area contributed by atoms with E-state index in [0.717, 1.165) is 48.1 Å². The van der Waals surface area contributed by atoms with E-state index in [1.807, 2.05) is 42.5 Å². The van der Waals surface area contributed by atoms with Crippen molar-refractivity contribution in [1.82, 2.24) is 35.8 Å². The lowest BCUT2D eigenvalue weighted by atomic mass is 10.1. The molecule has 2 aliphatic heterocycles. The van der Waals surface area contributed by atoms with Gasteiger partial charge in [-0.05, 0) is 50.2 Å². The number of aromatic nitrogens is 5. The number of fused-ring (bicyclic) bond motifs is 1. The SMILES string of the molecule is O=C(NC1CCNCC1)c1cccc(Nc2nc(-c3cccc4[nH]ncc34)nc(N3CCOCC3)n2)c1. The minimum atomic E-state index is -0.0764. The minimum Gasteiger partial charge on any atom is -0.378 e. The maximum absolute atomic E-state index is 12.9. The summed E-state index contributed by atoms with van der Waals surface area (Å²) in [7, 11) is 0. The van der Waals surface area contributed by atoms with Crippen molar-refractivity contribution in [2.75, 3.05) is 49.6 Å². The Morgan fingerprint density at radius 2 is 1.86 bits per heavy atom. The Morgan fingerprint density at radius 3 is 2.73 bits per heavy atom. The summed E-state index contributed by atoms with van der Waals surface area (Å²) >= 11 is 0. The molecular formula is C26H29N9O2. The van der Waals surface area contributed by atoms with Crippen molar-refractivity contribution in [3.63, 3.8) is 0 Å². The molecule has 4 heterocycles. The fraction of sp³-hybridized carbons (Fsp3) is 0.346. The molecule has 11 heteroatoms. The fourth-order valence-corrected chi connectivity index (χ4v) is 4.71. The van der Waals surface area contributed by atoms with E-state index < -0.39 is 0 Å². The molecule has 6 rings (SSSR count). The fourth-order valence-electron chi connectivity index (χ4n) is 4.71. The van der Waals surface area contributed by atoms with Crippen molar-refractivity contribution < 1.29 is 9.53 Å². The molecule has 0 spiro atoms. The average molecular weight is 500 g/mol. The molecule has 0 atom stereocenters. The van der Waals surface area contributed by atoms with Crippen LogP contribution in [0, 0.1) is 0 Å². The van der Waals surface area contributed by atoms with Crippen molar-refractivity contribution in [3.8, 4) is 11.4 Å². The molecule has 2 aromatic heterocycles. The first kappa shape index (κ1) is 23.3. The number of carbonyl (C=O) groups excluding carboxylic acids is 1. The number of morpholine rings is 1. The Morgan fingerprint density at radius 1 is 1.03 bits per heavy atom. The molecule has 2 aliphatic rings. The highest BCUT2D eigenvalue weighted by Crippen LogP contribution is 2.28. The van der Waals surface area contributed by atoms with Crippen LogP contribution in [0.4, 0.5) is 17.6 Å². The average Bonchev–Trinajstić information content (AvgIpc) is 3.43. The van der Waals surface area contributed by atoms with Crippen molar-refractivity contribution >= 4 is 34.4 Å². The molecule has 0 aliphatic carbocycles. The molecule has 0 radical (unpaired) electrons. The smallest absolute Gasteiger partial charge is 0.251 e.